The highest BCUT2D eigenvalue weighted by Gasteiger charge is 2.36. The maximum absolute atomic E-state index is 13.3. The Kier molecular flexibility index (Phi) is 7.47. The van der Waals surface area contributed by atoms with Gasteiger partial charge in [-0.1, -0.05) is 42.4 Å². The molecule has 2 heterocycles. The summed E-state index contributed by atoms with van der Waals surface area (Å²) >= 11 is 0. The van der Waals surface area contributed by atoms with Gasteiger partial charge in [-0.2, -0.15) is 4.31 Å². The number of aryl methyl sites for hydroxylation is 2. The lowest BCUT2D eigenvalue weighted by Gasteiger charge is -2.32. The normalized spacial score (nSPS) is 15.4. The number of sulfonamides is 1. The molecule has 1 aliphatic heterocycles. The van der Waals surface area contributed by atoms with Crippen molar-refractivity contribution in [2.24, 2.45) is 5.92 Å². The molecule has 3 aromatic rings. The highest BCUT2D eigenvalue weighted by atomic mass is 32.2. The van der Waals surface area contributed by atoms with Crippen molar-refractivity contribution in [3.05, 3.63) is 53.4 Å². The van der Waals surface area contributed by atoms with Crippen LogP contribution in [0.2, 0.25) is 0 Å². The van der Waals surface area contributed by atoms with E-state index in [1.807, 2.05) is 24.3 Å². The predicted octanol–water partition coefficient (Wildman–Crippen LogP) is 4.29. The molecule has 0 bridgehead atoms. The van der Waals surface area contributed by atoms with E-state index in [0.717, 1.165) is 28.5 Å². The minimum atomic E-state index is -3.70. The molecule has 2 aromatic carbocycles. The van der Waals surface area contributed by atoms with Crippen molar-refractivity contribution in [3.8, 4) is 5.75 Å². The number of amides is 1. The molecule has 1 saturated heterocycles. The number of nitrogens with zero attached hydrogens (tertiary/aromatic N) is 3. The summed E-state index contributed by atoms with van der Waals surface area (Å²) in [5, 5.41) is 5.95. The summed E-state index contributed by atoms with van der Waals surface area (Å²) in [5.41, 5.74) is 1.35. The molecule has 0 saturated carbocycles. The minimum absolute atomic E-state index is 0.0220. The van der Waals surface area contributed by atoms with Crippen molar-refractivity contribution in [1.82, 2.24) is 14.4 Å². The zero-order chi connectivity index (χ0) is 25.2. The van der Waals surface area contributed by atoms with Crippen LogP contribution in [-0.4, -0.2) is 55.4 Å². The van der Waals surface area contributed by atoms with Crippen LogP contribution in [-0.2, 0) is 21.4 Å². The lowest BCUT2D eigenvalue weighted by atomic mass is 9.96. The van der Waals surface area contributed by atoms with E-state index in [1.54, 1.807) is 25.8 Å². The molecule has 1 fully saturated rings. The maximum Gasteiger partial charge on any atom is 0.248 e. The molecule has 1 aromatic heterocycles. The Hall–Kier alpha value is -2.91. The Morgan fingerprint density at radius 2 is 1.89 bits per heavy atom. The van der Waals surface area contributed by atoms with Crippen molar-refractivity contribution in [2.45, 2.75) is 51.5 Å². The topological polar surface area (TPSA) is 93.0 Å². The van der Waals surface area contributed by atoms with Crippen molar-refractivity contribution >= 4 is 26.7 Å². The molecule has 35 heavy (non-hydrogen) atoms. The van der Waals surface area contributed by atoms with Gasteiger partial charge < -0.3 is 14.2 Å². The van der Waals surface area contributed by atoms with Crippen LogP contribution in [0, 0.1) is 19.8 Å². The van der Waals surface area contributed by atoms with Crippen molar-refractivity contribution in [3.63, 3.8) is 0 Å². The first-order chi connectivity index (χ1) is 16.7. The molecule has 1 amide bonds. The SMILES string of the molecule is CCCOc1ccc2ccccc2c1CN(C)C(=O)C1CCN(S(=O)(=O)c2c(C)noc2C)CC1. The average molecular weight is 500 g/mol. The Labute approximate surface area is 206 Å². The molecule has 8 nitrogen and oxygen atoms in total. The number of fused-ring (bicyclic) bond motifs is 1. The molecule has 0 spiro atoms. The number of piperidine rings is 1. The van der Waals surface area contributed by atoms with Gasteiger partial charge in [0.1, 0.15) is 16.3 Å². The van der Waals surface area contributed by atoms with E-state index in [0.29, 0.717) is 31.7 Å². The molecule has 188 valence electrons. The van der Waals surface area contributed by atoms with Gasteiger partial charge in [-0.05, 0) is 49.9 Å². The van der Waals surface area contributed by atoms with Crippen LogP contribution in [0.25, 0.3) is 10.8 Å². The summed E-state index contributed by atoms with van der Waals surface area (Å²) in [6.07, 6.45) is 1.84. The van der Waals surface area contributed by atoms with Gasteiger partial charge in [-0.25, -0.2) is 8.42 Å². The fourth-order valence-electron chi connectivity index (χ4n) is 4.77. The van der Waals surface area contributed by atoms with Crippen LogP contribution < -0.4 is 4.74 Å². The maximum atomic E-state index is 13.3. The first-order valence-electron chi connectivity index (χ1n) is 12.1. The number of hydrogen-bond acceptors (Lipinski definition) is 6. The molecular weight excluding hydrogens is 466 g/mol. The molecule has 0 radical (unpaired) electrons. The van der Waals surface area contributed by atoms with Crippen molar-refractivity contribution < 1.29 is 22.5 Å². The van der Waals surface area contributed by atoms with E-state index in [9.17, 15) is 13.2 Å². The summed E-state index contributed by atoms with van der Waals surface area (Å²) in [5.74, 6) is 0.877. The standard InChI is InChI=1S/C26H33N3O5S/c1-5-16-33-24-11-10-20-8-6-7-9-22(20)23(24)17-28(4)26(30)21-12-14-29(15-13-21)35(31,32)25-18(2)27-34-19(25)3/h6-11,21H,5,12-17H2,1-4H3. The van der Waals surface area contributed by atoms with Crippen LogP contribution in [0.5, 0.6) is 5.75 Å². The van der Waals surface area contributed by atoms with Crippen LogP contribution in [0.3, 0.4) is 0 Å². The molecule has 4 rings (SSSR count). The number of benzene rings is 2. The van der Waals surface area contributed by atoms with E-state index < -0.39 is 10.0 Å². The third-order valence-corrected chi connectivity index (χ3v) is 8.74. The Morgan fingerprint density at radius 1 is 1.17 bits per heavy atom. The summed E-state index contributed by atoms with van der Waals surface area (Å²) in [6, 6.07) is 12.1. The molecule has 9 heteroatoms. The van der Waals surface area contributed by atoms with Crippen LogP contribution in [0.15, 0.2) is 45.8 Å². The van der Waals surface area contributed by atoms with Gasteiger partial charge in [0.15, 0.2) is 5.76 Å². The zero-order valence-corrected chi connectivity index (χ0v) is 21.6. The van der Waals surface area contributed by atoms with E-state index >= 15 is 0 Å². The van der Waals surface area contributed by atoms with E-state index in [4.69, 9.17) is 9.26 Å². The van der Waals surface area contributed by atoms with E-state index in [1.165, 1.54) is 4.31 Å². The second kappa shape index (κ2) is 10.4. The average Bonchev–Trinajstić information content (AvgIpc) is 3.21. The predicted molar refractivity (Wildman–Crippen MR) is 134 cm³/mol. The van der Waals surface area contributed by atoms with Gasteiger partial charge in [-0.3, -0.25) is 4.79 Å². The zero-order valence-electron chi connectivity index (χ0n) is 20.8. The van der Waals surface area contributed by atoms with Gasteiger partial charge in [0.05, 0.1) is 6.61 Å². The Balaban J connectivity index is 1.47. The monoisotopic (exact) mass is 499 g/mol. The lowest BCUT2D eigenvalue weighted by Crippen LogP contribution is -2.43. The highest BCUT2D eigenvalue weighted by Crippen LogP contribution is 2.31. The minimum Gasteiger partial charge on any atom is -0.493 e. The fourth-order valence-corrected chi connectivity index (χ4v) is 6.53. The quantitative estimate of drug-likeness (QED) is 0.459. The number of ether oxygens (including phenoxy) is 1. The summed E-state index contributed by atoms with van der Waals surface area (Å²) in [7, 11) is -1.89. The first-order valence-corrected chi connectivity index (χ1v) is 13.5. The van der Waals surface area contributed by atoms with E-state index in [2.05, 4.69) is 24.2 Å². The number of carbonyl (C=O) groups is 1. The third-order valence-electron chi connectivity index (χ3n) is 6.60. The highest BCUT2D eigenvalue weighted by molar-refractivity contribution is 7.89. The van der Waals surface area contributed by atoms with Gasteiger partial charge in [-0.15, -0.1) is 0 Å². The Morgan fingerprint density at radius 3 is 2.54 bits per heavy atom. The molecule has 0 N–H and O–H groups in total. The van der Waals surface area contributed by atoms with Gasteiger partial charge in [0.2, 0.25) is 15.9 Å². The smallest absolute Gasteiger partial charge is 0.248 e. The van der Waals surface area contributed by atoms with Crippen molar-refractivity contribution in [1.29, 1.82) is 0 Å². The van der Waals surface area contributed by atoms with E-state index in [-0.39, 0.29) is 35.6 Å². The van der Waals surface area contributed by atoms with Crippen LogP contribution in [0.1, 0.15) is 43.2 Å². The molecule has 0 unspecified atom stereocenters. The number of aromatic nitrogens is 1. The number of carbonyl (C=O) groups excluding carboxylic acids is 1. The molecule has 0 atom stereocenters. The molecule has 0 aliphatic carbocycles. The van der Waals surface area contributed by atoms with Crippen LogP contribution in [0.4, 0.5) is 0 Å². The summed E-state index contributed by atoms with van der Waals surface area (Å²) < 4.78 is 38.7. The van der Waals surface area contributed by atoms with Crippen LogP contribution >= 0.6 is 0 Å². The van der Waals surface area contributed by atoms with Gasteiger partial charge in [0, 0.05) is 38.2 Å². The van der Waals surface area contributed by atoms with Crippen molar-refractivity contribution in [2.75, 3.05) is 26.7 Å². The molecular formula is C26H33N3O5S. The first kappa shape index (κ1) is 25.2. The summed E-state index contributed by atoms with van der Waals surface area (Å²) in [6.45, 7) is 6.91. The third kappa shape index (κ3) is 5.06. The summed E-state index contributed by atoms with van der Waals surface area (Å²) in [4.78, 5) is 15.2. The second-order valence-corrected chi connectivity index (χ2v) is 11.0. The van der Waals surface area contributed by atoms with Gasteiger partial charge in [0.25, 0.3) is 0 Å². The lowest BCUT2D eigenvalue weighted by molar-refractivity contribution is -0.135. The Bertz CT molecular complexity index is 1290. The van der Waals surface area contributed by atoms with Gasteiger partial charge >= 0.3 is 0 Å². The number of rotatable bonds is 8. The number of hydrogen-bond donors (Lipinski definition) is 0. The fraction of sp³-hybridized carbons (Fsp3) is 0.462. The second-order valence-electron chi connectivity index (χ2n) is 9.14. The molecule has 1 aliphatic rings. The largest absolute Gasteiger partial charge is 0.493 e.